The predicted molar refractivity (Wildman–Crippen MR) is 78.2 cm³/mol. The second-order valence-electron chi connectivity index (χ2n) is 5.05. The molecule has 1 aromatic carbocycles. The van der Waals surface area contributed by atoms with Gasteiger partial charge in [-0.3, -0.25) is 4.72 Å². The number of sulfonamides is 1. The smallest absolute Gasteiger partial charge is 0.235 e. The Hall–Kier alpha value is -1.11. The molecule has 1 heterocycles. The van der Waals surface area contributed by atoms with Crippen LogP contribution in [0, 0.1) is 0 Å². The largest absolute Gasteiger partial charge is 0.396 e. The van der Waals surface area contributed by atoms with Crippen molar-refractivity contribution in [2.24, 2.45) is 0 Å². The van der Waals surface area contributed by atoms with Gasteiger partial charge in [0, 0.05) is 18.9 Å². The molecular formula is C14H21NO4S. The summed E-state index contributed by atoms with van der Waals surface area (Å²) in [7, 11) is -3.38. The zero-order valence-corrected chi connectivity index (χ0v) is 12.2. The van der Waals surface area contributed by atoms with Crippen LogP contribution >= 0.6 is 0 Å². The number of hydrogen-bond donors (Lipinski definition) is 2. The van der Waals surface area contributed by atoms with Crippen LogP contribution in [0.15, 0.2) is 24.3 Å². The standard InChI is InChI=1S/C14H21NO4S/c16-8-2-5-12-4-1-6-13(10-12)15-20(17,18)11-14-7-3-9-19-14/h1,4,6,10,14-16H,2-3,5,7-9,11H2. The molecule has 2 rings (SSSR count). The predicted octanol–water partition coefficient (Wildman–Crippen LogP) is 1.53. The molecule has 1 aliphatic heterocycles. The van der Waals surface area contributed by atoms with Crippen LogP contribution in [0.3, 0.4) is 0 Å². The quantitative estimate of drug-likeness (QED) is 0.800. The highest BCUT2D eigenvalue weighted by molar-refractivity contribution is 7.92. The van der Waals surface area contributed by atoms with Crippen LogP contribution in [0.1, 0.15) is 24.8 Å². The number of benzene rings is 1. The summed E-state index contributed by atoms with van der Waals surface area (Å²) in [5.74, 6) is 0.00781. The number of hydrogen-bond acceptors (Lipinski definition) is 4. The summed E-state index contributed by atoms with van der Waals surface area (Å²) in [5, 5.41) is 8.82. The van der Waals surface area contributed by atoms with Crippen molar-refractivity contribution in [3.05, 3.63) is 29.8 Å². The van der Waals surface area contributed by atoms with E-state index in [0.29, 0.717) is 18.7 Å². The summed E-state index contributed by atoms with van der Waals surface area (Å²) in [6.45, 7) is 0.784. The number of aryl methyl sites for hydroxylation is 1. The number of anilines is 1. The van der Waals surface area contributed by atoms with Gasteiger partial charge < -0.3 is 9.84 Å². The van der Waals surface area contributed by atoms with Crippen LogP contribution in [-0.4, -0.2) is 38.6 Å². The summed E-state index contributed by atoms with van der Waals surface area (Å²) in [6, 6.07) is 7.28. The lowest BCUT2D eigenvalue weighted by atomic mass is 10.1. The Morgan fingerprint density at radius 2 is 2.25 bits per heavy atom. The van der Waals surface area contributed by atoms with Crippen LogP contribution in [-0.2, 0) is 21.2 Å². The van der Waals surface area contributed by atoms with Gasteiger partial charge in [-0.05, 0) is 43.4 Å². The molecular weight excluding hydrogens is 278 g/mol. The first-order chi connectivity index (χ1) is 9.59. The molecule has 0 radical (unpaired) electrons. The minimum atomic E-state index is -3.38. The minimum Gasteiger partial charge on any atom is -0.396 e. The molecule has 0 saturated carbocycles. The first-order valence-electron chi connectivity index (χ1n) is 6.91. The van der Waals surface area contributed by atoms with E-state index >= 15 is 0 Å². The molecule has 1 atom stereocenters. The normalized spacial score (nSPS) is 19.1. The van der Waals surface area contributed by atoms with E-state index in [4.69, 9.17) is 9.84 Å². The summed E-state index contributed by atoms with van der Waals surface area (Å²) in [5.41, 5.74) is 1.58. The molecule has 112 valence electrons. The molecule has 0 aromatic heterocycles. The van der Waals surface area contributed by atoms with Gasteiger partial charge in [0.1, 0.15) is 0 Å². The van der Waals surface area contributed by atoms with Gasteiger partial charge in [-0.1, -0.05) is 12.1 Å². The number of rotatable bonds is 7. The average molecular weight is 299 g/mol. The van der Waals surface area contributed by atoms with E-state index in [-0.39, 0.29) is 18.5 Å². The zero-order valence-electron chi connectivity index (χ0n) is 11.4. The summed E-state index contributed by atoms with van der Waals surface area (Å²) in [4.78, 5) is 0. The molecule has 5 nitrogen and oxygen atoms in total. The Kier molecular flexibility index (Phi) is 5.39. The highest BCUT2D eigenvalue weighted by Crippen LogP contribution is 2.17. The number of aliphatic hydroxyl groups is 1. The molecule has 0 bridgehead atoms. The molecule has 0 aliphatic carbocycles. The van der Waals surface area contributed by atoms with Crippen molar-refractivity contribution in [3.8, 4) is 0 Å². The molecule has 1 fully saturated rings. The maximum absolute atomic E-state index is 12.1. The highest BCUT2D eigenvalue weighted by atomic mass is 32.2. The third-order valence-corrected chi connectivity index (χ3v) is 4.61. The number of ether oxygens (including phenoxy) is 1. The van der Waals surface area contributed by atoms with Gasteiger partial charge in [-0.2, -0.15) is 0 Å². The molecule has 0 spiro atoms. The van der Waals surface area contributed by atoms with Crippen LogP contribution in [0.5, 0.6) is 0 Å². The summed E-state index contributed by atoms with van der Waals surface area (Å²) >= 11 is 0. The molecule has 1 aromatic rings. The lowest BCUT2D eigenvalue weighted by Gasteiger charge is -2.12. The van der Waals surface area contributed by atoms with Crippen molar-refractivity contribution < 1.29 is 18.3 Å². The van der Waals surface area contributed by atoms with Crippen molar-refractivity contribution in [3.63, 3.8) is 0 Å². The van der Waals surface area contributed by atoms with Crippen molar-refractivity contribution >= 4 is 15.7 Å². The van der Waals surface area contributed by atoms with E-state index in [2.05, 4.69) is 4.72 Å². The summed E-state index contributed by atoms with van der Waals surface area (Å²) in [6.07, 6.45) is 2.95. The van der Waals surface area contributed by atoms with Crippen LogP contribution in [0.4, 0.5) is 5.69 Å². The molecule has 20 heavy (non-hydrogen) atoms. The first-order valence-corrected chi connectivity index (χ1v) is 8.56. The van der Waals surface area contributed by atoms with E-state index in [1.165, 1.54) is 0 Å². The highest BCUT2D eigenvalue weighted by Gasteiger charge is 2.23. The second kappa shape index (κ2) is 7.06. The van der Waals surface area contributed by atoms with Gasteiger partial charge in [0.15, 0.2) is 0 Å². The lowest BCUT2D eigenvalue weighted by Crippen LogP contribution is -2.25. The number of nitrogens with one attached hydrogen (secondary N) is 1. The molecule has 2 N–H and O–H groups in total. The van der Waals surface area contributed by atoms with Crippen molar-refractivity contribution in [2.45, 2.75) is 31.8 Å². The Labute approximate surface area is 120 Å². The first kappa shape index (κ1) is 15.3. The number of aliphatic hydroxyl groups excluding tert-OH is 1. The Balaban J connectivity index is 1.97. The van der Waals surface area contributed by atoms with E-state index in [1.807, 2.05) is 18.2 Å². The van der Waals surface area contributed by atoms with E-state index in [0.717, 1.165) is 24.8 Å². The SMILES string of the molecule is O=S(=O)(CC1CCCO1)Nc1cccc(CCCO)c1. The van der Waals surface area contributed by atoms with Crippen LogP contribution < -0.4 is 4.72 Å². The second-order valence-corrected chi connectivity index (χ2v) is 6.81. The third-order valence-electron chi connectivity index (χ3n) is 3.25. The van der Waals surface area contributed by atoms with E-state index in [9.17, 15) is 8.42 Å². The Bertz CT molecular complexity index is 524. The van der Waals surface area contributed by atoms with Crippen molar-refractivity contribution in [1.82, 2.24) is 0 Å². The maximum Gasteiger partial charge on any atom is 0.235 e. The molecule has 1 unspecified atom stereocenters. The Morgan fingerprint density at radius 1 is 1.40 bits per heavy atom. The van der Waals surface area contributed by atoms with Gasteiger partial charge in [0.25, 0.3) is 0 Å². The van der Waals surface area contributed by atoms with Gasteiger partial charge in [0.2, 0.25) is 10.0 Å². The van der Waals surface area contributed by atoms with Gasteiger partial charge in [0.05, 0.1) is 11.9 Å². The minimum absolute atomic E-state index is 0.00781. The van der Waals surface area contributed by atoms with E-state index < -0.39 is 10.0 Å². The zero-order chi connectivity index (χ0) is 14.4. The summed E-state index contributed by atoms with van der Waals surface area (Å²) < 4.78 is 32.0. The van der Waals surface area contributed by atoms with Gasteiger partial charge in [-0.25, -0.2) is 8.42 Å². The van der Waals surface area contributed by atoms with Gasteiger partial charge in [-0.15, -0.1) is 0 Å². The fraction of sp³-hybridized carbons (Fsp3) is 0.571. The molecule has 1 saturated heterocycles. The van der Waals surface area contributed by atoms with Crippen LogP contribution in [0.25, 0.3) is 0 Å². The fourth-order valence-electron chi connectivity index (χ4n) is 2.32. The molecule has 0 amide bonds. The topological polar surface area (TPSA) is 75.6 Å². The van der Waals surface area contributed by atoms with Crippen molar-refractivity contribution in [2.75, 3.05) is 23.7 Å². The monoisotopic (exact) mass is 299 g/mol. The molecule has 1 aliphatic rings. The lowest BCUT2D eigenvalue weighted by molar-refractivity contribution is 0.127. The van der Waals surface area contributed by atoms with E-state index in [1.54, 1.807) is 6.07 Å². The van der Waals surface area contributed by atoms with Crippen molar-refractivity contribution in [1.29, 1.82) is 0 Å². The van der Waals surface area contributed by atoms with Crippen LogP contribution in [0.2, 0.25) is 0 Å². The maximum atomic E-state index is 12.1. The fourth-order valence-corrected chi connectivity index (χ4v) is 3.64. The molecule has 6 heteroatoms. The third kappa shape index (κ3) is 4.77. The average Bonchev–Trinajstić information content (AvgIpc) is 2.88. The Morgan fingerprint density at radius 3 is 2.95 bits per heavy atom. The van der Waals surface area contributed by atoms with Gasteiger partial charge >= 0.3 is 0 Å².